The summed E-state index contributed by atoms with van der Waals surface area (Å²) in [6, 6.07) is 7.67. The van der Waals surface area contributed by atoms with E-state index in [0.717, 1.165) is 12.0 Å². The summed E-state index contributed by atoms with van der Waals surface area (Å²) in [6.07, 6.45) is 10.3. The van der Waals surface area contributed by atoms with Gasteiger partial charge >= 0.3 is 0 Å². The van der Waals surface area contributed by atoms with Gasteiger partial charge in [-0.05, 0) is 24.5 Å². The van der Waals surface area contributed by atoms with Gasteiger partial charge in [0, 0.05) is 0 Å². The molecular weight excluding hydrogens is 208 g/mol. The molecule has 1 heteroatoms. The number of aromatic hydroxyl groups is 1. The van der Waals surface area contributed by atoms with Crippen LogP contribution in [0.3, 0.4) is 0 Å². The lowest BCUT2D eigenvalue weighted by Crippen LogP contribution is -1.87. The second-order valence-electron chi connectivity index (χ2n) is 4.50. The zero-order chi connectivity index (χ0) is 11.6. The third-order valence-electron chi connectivity index (χ3n) is 3.04. The van der Waals surface area contributed by atoms with Crippen molar-refractivity contribution in [2.45, 2.75) is 65.7 Å². The maximum absolute atomic E-state index is 9.58. The molecule has 0 fully saturated rings. The van der Waals surface area contributed by atoms with Crippen molar-refractivity contribution >= 4 is 0 Å². The average Bonchev–Trinajstić information content (AvgIpc) is 2.30. The fourth-order valence-corrected chi connectivity index (χ4v) is 1.99. The van der Waals surface area contributed by atoms with Crippen molar-refractivity contribution in [1.29, 1.82) is 0 Å². The summed E-state index contributed by atoms with van der Waals surface area (Å²) in [4.78, 5) is 0. The fraction of sp³-hybridized carbons (Fsp3) is 0.625. The zero-order valence-corrected chi connectivity index (χ0v) is 10.4. The summed E-state index contributed by atoms with van der Waals surface area (Å²) in [5.41, 5.74) is 1.09. The van der Waals surface area contributed by atoms with Gasteiger partial charge < -0.3 is 5.11 Å². The standard InChI is InChI=1S/C15H24O.CH4/c1-2-3-4-5-6-7-8-11-14-12-9-10-13-15(14)16;/h9-10,12-13,16H,2-8,11H2,1H3;1H4. The van der Waals surface area contributed by atoms with Crippen LogP contribution in [0.5, 0.6) is 5.75 Å². The van der Waals surface area contributed by atoms with Crippen LogP contribution in [0.4, 0.5) is 0 Å². The Morgan fingerprint density at radius 2 is 1.47 bits per heavy atom. The lowest BCUT2D eigenvalue weighted by atomic mass is 10.0. The lowest BCUT2D eigenvalue weighted by molar-refractivity contribution is 0.466. The Bertz CT molecular complexity index is 281. The number of unbranched alkanes of at least 4 members (excludes halogenated alkanes) is 6. The second kappa shape index (κ2) is 10.2. The first-order valence-electron chi connectivity index (χ1n) is 6.61. The van der Waals surface area contributed by atoms with Crippen molar-refractivity contribution in [1.82, 2.24) is 0 Å². The molecule has 1 nitrogen and oxygen atoms in total. The first kappa shape index (κ1) is 16.0. The van der Waals surface area contributed by atoms with Crippen LogP contribution in [0.1, 0.15) is 64.9 Å². The molecule has 0 amide bonds. The molecule has 1 N–H and O–H groups in total. The van der Waals surface area contributed by atoms with Gasteiger partial charge in [-0.25, -0.2) is 0 Å². The Balaban J connectivity index is 0.00000256. The van der Waals surface area contributed by atoms with E-state index in [4.69, 9.17) is 0 Å². The maximum atomic E-state index is 9.58. The minimum absolute atomic E-state index is 0. The molecule has 0 heterocycles. The molecule has 17 heavy (non-hydrogen) atoms. The third-order valence-corrected chi connectivity index (χ3v) is 3.04. The summed E-state index contributed by atoms with van der Waals surface area (Å²) in [5, 5.41) is 9.58. The van der Waals surface area contributed by atoms with Gasteiger partial charge in [-0.1, -0.05) is 71.1 Å². The molecule has 98 valence electrons. The van der Waals surface area contributed by atoms with Crippen LogP contribution in [0.2, 0.25) is 0 Å². The number of aryl methyl sites for hydroxylation is 1. The van der Waals surface area contributed by atoms with E-state index in [0.29, 0.717) is 5.75 Å². The highest BCUT2D eigenvalue weighted by molar-refractivity contribution is 5.31. The summed E-state index contributed by atoms with van der Waals surface area (Å²) < 4.78 is 0. The molecule has 0 aliphatic carbocycles. The van der Waals surface area contributed by atoms with E-state index in [9.17, 15) is 5.11 Å². The van der Waals surface area contributed by atoms with E-state index in [1.54, 1.807) is 6.07 Å². The summed E-state index contributed by atoms with van der Waals surface area (Å²) >= 11 is 0. The molecule has 0 saturated carbocycles. The van der Waals surface area contributed by atoms with Crippen molar-refractivity contribution in [3.63, 3.8) is 0 Å². The average molecular weight is 236 g/mol. The molecule has 1 aromatic carbocycles. The van der Waals surface area contributed by atoms with Crippen molar-refractivity contribution < 1.29 is 5.11 Å². The Morgan fingerprint density at radius 1 is 0.882 bits per heavy atom. The van der Waals surface area contributed by atoms with Crippen molar-refractivity contribution in [3.05, 3.63) is 29.8 Å². The van der Waals surface area contributed by atoms with E-state index >= 15 is 0 Å². The largest absolute Gasteiger partial charge is 0.508 e. The van der Waals surface area contributed by atoms with Gasteiger partial charge in [0.25, 0.3) is 0 Å². The van der Waals surface area contributed by atoms with Gasteiger partial charge in [0.05, 0.1) is 0 Å². The number of rotatable bonds is 8. The molecule has 0 spiro atoms. The zero-order valence-electron chi connectivity index (χ0n) is 10.4. The second-order valence-corrected chi connectivity index (χ2v) is 4.50. The first-order chi connectivity index (χ1) is 7.84. The van der Waals surface area contributed by atoms with Crippen LogP contribution in [-0.4, -0.2) is 5.11 Å². The van der Waals surface area contributed by atoms with Crippen molar-refractivity contribution in [3.8, 4) is 5.75 Å². The molecular formula is C16H28O. The van der Waals surface area contributed by atoms with Crippen LogP contribution < -0.4 is 0 Å². The summed E-state index contributed by atoms with van der Waals surface area (Å²) in [5.74, 6) is 0.452. The minimum atomic E-state index is 0. The molecule has 0 atom stereocenters. The SMILES string of the molecule is C.CCCCCCCCCc1ccccc1O. The van der Waals surface area contributed by atoms with Crippen molar-refractivity contribution in [2.75, 3.05) is 0 Å². The lowest BCUT2D eigenvalue weighted by Gasteiger charge is -2.04. The molecule has 0 saturated heterocycles. The molecule has 0 aliphatic heterocycles. The topological polar surface area (TPSA) is 20.2 Å². The smallest absolute Gasteiger partial charge is 0.118 e. The van der Waals surface area contributed by atoms with Crippen molar-refractivity contribution in [2.24, 2.45) is 0 Å². The van der Waals surface area contributed by atoms with E-state index in [-0.39, 0.29) is 7.43 Å². The Morgan fingerprint density at radius 3 is 2.12 bits per heavy atom. The number of hydrogen-bond donors (Lipinski definition) is 1. The molecule has 1 aromatic rings. The van der Waals surface area contributed by atoms with Crippen LogP contribution in [-0.2, 0) is 6.42 Å². The van der Waals surface area contributed by atoms with Gasteiger partial charge in [-0.2, -0.15) is 0 Å². The van der Waals surface area contributed by atoms with Gasteiger partial charge in [-0.3, -0.25) is 0 Å². The summed E-state index contributed by atoms with van der Waals surface area (Å²) in [7, 11) is 0. The molecule has 0 aliphatic rings. The van der Waals surface area contributed by atoms with Crippen LogP contribution >= 0.6 is 0 Å². The molecule has 0 bridgehead atoms. The van der Waals surface area contributed by atoms with Gasteiger partial charge in [-0.15, -0.1) is 0 Å². The quantitative estimate of drug-likeness (QED) is 0.605. The fourth-order valence-electron chi connectivity index (χ4n) is 1.99. The number of hydrogen-bond acceptors (Lipinski definition) is 1. The monoisotopic (exact) mass is 236 g/mol. The van der Waals surface area contributed by atoms with E-state index in [1.165, 1.54) is 44.9 Å². The normalized spacial score (nSPS) is 9.94. The molecule has 0 unspecified atom stereocenters. The Labute approximate surface area is 107 Å². The molecule has 0 aromatic heterocycles. The number of benzene rings is 1. The Hall–Kier alpha value is -0.980. The molecule has 1 rings (SSSR count). The van der Waals surface area contributed by atoms with Gasteiger partial charge in [0.2, 0.25) is 0 Å². The van der Waals surface area contributed by atoms with Crippen LogP contribution in [0.25, 0.3) is 0 Å². The molecule has 0 radical (unpaired) electrons. The van der Waals surface area contributed by atoms with E-state index in [2.05, 4.69) is 6.92 Å². The van der Waals surface area contributed by atoms with E-state index < -0.39 is 0 Å². The predicted molar refractivity (Wildman–Crippen MR) is 76.5 cm³/mol. The van der Waals surface area contributed by atoms with Gasteiger partial charge in [0.15, 0.2) is 0 Å². The highest BCUT2D eigenvalue weighted by atomic mass is 16.3. The predicted octanol–water partition coefficient (Wildman–Crippen LogP) is 5.32. The van der Waals surface area contributed by atoms with Crippen LogP contribution in [0.15, 0.2) is 24.3 Å². The summed E-state index contributed by atoms with van der Waals surface area (Å²) in [6.45, 7) is 2.25. The number of phenolic OH excluding ortho intramolecular Hbond substituents is 1. The maximum Gasteiger partial charge on any atom is 0.118 e. The van der Waals surface area contributed by atoms with E-state index in [1.807, 2.05) is 18.2 Å². The number of para-hydroxylation sites is 1. The third kappa shape index (κ3) is 7.04. The minimum Gasteiger partial charge on any atom is -0.508 e. The highest BCUT2D eigenvalue weighted by Gasteiger charge is 1.98. The highest BCUT2D eigenvalue weighted by Crippen LogP contribution is 2.18. The Kier molecular flexibility index (Phi) is 9.60. The van der Waals surface area contributed by atoms with Gasteiger partial charge in [0.1, 0.15) is 5.75 Å². The number of phenols is 1. The first-order valence-corrected chi connectivity index (χ1v) is 6.61. The van der Waals surface area contributed by atoms with Crippen LogP contribution in [0, 0.1) is 0 Å².